The van der Waals surface area contributed by atoms with Crippen molar-refractivity contribution >= 4 is 5.96 Å². The fourth-order valence-electron chi connectivity index (χ4n) is 3.34. The first kappa shape index (κ1) is 13.7. The predicted molar refractivity (Wildman–Crippen MR) is 77.7 cm³/mol. The summed E-state index contributed by atoms with van der Waals surface area (Å²) in [5.74, 6) is 0.676. The summed E-state index contributed by atoms with van der Waals surface area (Å²) in [5.41, 5.74) is 6.44. The molecule has 0 radical (unpaired) electrons. The SMILES string of the molecule is CC1(CN=C(N)NC2CCCCCC2)CCCC1. The zero-order chi connectivity index (χ0) is 12.8. The van der Waals surface area contributed by atoms with Crippen molar-refractivity contribution in [3.05, 3.63) is 0 Å². The zero-order valence-electron chi connectivity index (χ0n) is 11.9. The Hall–Kier alpha value is -0.730. The van der Waals surface area contributed by atoms with Crippen LogP contribution in [0.25, 0.3) is 0 Å². The van der Waals surface area contributed by atoms with Gasteiger partial charge in [-0.15, -0.1) is 0 Å². The van der Waals surface area contributed by atoms with Gasteiger partial charge >= 0.3 is 0 Å². The van der Waals surface area contributed by atoms with Crippen LogP contribution in [0.3, 0.4) is 0 Å². The van der Waals surface area contributed by atoms with Crippen molar-refractivity contribution in [2.45, 2.75) is 77.2 Å². The van der Waals surface area contributed by atoms with Gasteiger partial charge in [0, 0.05) is 12.6 Å². The summed E-state index contributed by atoms with van der Waals surface area (Å²) < 4.78 is 0. The fraction of sp³-hybridized carbons (Fsp3) is 0.933. The summed E-state index contributed by atoms with van der Waals surface area (Å²) in [5, 5.41) is 3.43. The van der Waals surface area contributed by atoms with Crippen LogP contribution in [0.5, 0.6) is 0 Å². The molecule has 0 aliphatic heterocycles. The van der Waals surface area contributed by atoms with Crippen LogP contribution in [0.1, 0.15) is 71.1 Å². The molecule has 2 aliphatic carbocycles. The van der Waals surface area contributed by atoms with Gasteiger partial charge in [-0.3, -0.25) is 4.99 Å². The molecule has 18 heavy (non-hydrogen) atoms. The molecule has 0 atom stereocenters. The number of hydrogen-bond donors (Lipinski definition) is 2. The second-order valence-corrected chi connectivity index (χ2v) is 6.55. The molecule has 0 bridgehead atoms. The normalized spacial score (nSPS) is 25.9. The van der Waals surface area contributed by atoms with Crippen molar-refractivity contribution in [1.82, 2.24) is 5.32 Å². The minimum atomic E-state index is 0.412. The maximum absolute atomic E-state index is 6.03. The Labute approximate surface area is 112 Å². The van der Waals surface area contributed by atoms with Crippen LogP contribution in [0.4, 0.5) is 0 Å². The molecule has 0 aromatic carbocycles. The highest BCUT2D eigenvalue weighted by Crippen LogP contribution is 2.37. The summed E-state index contributed by atoms with van der Waals surface area (Å²) in [7, 11) is 0. The molecule has 3 N–H and O–H groups in total. The lowest BCUT2D eigenvalue weighted by Crippen LogP contribution is -2.40. The van der Waals surface area contributed by atoms with E-state index in [0.29, 0.717) is 17.4 Å². The van der Waals surface area contributed by atoms with E-state index in [9.17, 15) is 0 Å². The molecule has 2 saturated carbocycles. The maximum Gasteiger partial charge on any atom is 0.188 e. The molecular weight excluding hydrogens is 222 g/mol. The molecule has 0 saturated heterocycles. The monoisotopic (exact) mass is 251 g/mol. The lowest BCUT2D eigenvalue weighted by atomic mass is 9.89. The van der Waals surface area contributed by atoms with Gasteiger partial charge in [0.1, 0.15) is 0 Å². The molecule has 0 heterocycles. The lowest BCUT2D eigenvalue weighted by Gasteiger charge is -2.22. The van der Waals surface area contributed by atoms with E-state index in [1.165, 1.54) is 64.2 Å². The Morgan fingerprint density at radius 3 is 2.33 bits per heavy atom. The first-order valence-electron chi connectivity index (χ1n) is 7.74. The van der Waals surface area contributed by atoms with Crippen molar-refractivity contribution in [1.29, 1.82) is 0 Å². The molecule has 0 aromatic heterocycles. The summed E-state index contributed by atoms with van der Waals surface area (Å²) in [6.07, 6.45) is 13.3. The fourth-order valence-corrected chi connectivity index (χ4v) is 3.34. The van der Waals surface area contributed by atoms with E-state index in [4.69, 9.17) is 5.73 Å². The average molecular weight is 251 g/mol. The van der Waals surface area contributed by atoms with Gasteiger partial charge in [0.05, 0.1) is 0 Å². The first-order chi connectivity index (χ1) is 8.68. The second kappa shape index (κ2) is 6.44. The van der Waals surface area contributed by atoms with E-state index in [1.54, 1.807) is 0 Å². The third-order valence-electron chi connectivity index (χ3n) is 4.65. The maximum atomic E-state index is 6.03. The van der Waals surface area contributed by atoms with Gasteiger partial charge in [0.25, 0.3) is 0 Å². The van der Waals surface area contributed by atoms with Crippen LogP contribution in [0.2, 0.25) is 0 Å². The average Bonchev–Trinajstić information content (AvgIpc) is 2.62. The van der Waals surface area contributed by atoms with Crippen molar-refractivity contribution in [2.75, 3.05) is 6.54 Å². The smallest absolute Gasteiger partial charge is 0.188 e. The number of nitrogens with two attached hydrogens (primary N) is 1. The summed E-state index contributed by atoms with van der Waals surface area (Å²) in [6.45, 7) is 3.25. The third-order valence-corrected chi connectivity index (χ3v) is 4.65. The molecule has 3 nitrogen and oxygen atoms in total. The van der Waals surface area contributed by atoms with Gasteiger partial charge in [0.15, 0.2) is 5.96 Å². The van der Waals surface area contributed by atoms with E-state index >= 15 is 0 Å². The Morgan fingerprint density at radius 2 is 1.72 bits per heavy atom. The van der Waals surface area contributed by atoms with Crippen molar-refractivity contribution in [3.63, 3.8) is 0 Å². The lowest BCUT2D eigenvalue weighted by molar-refractivity contribution is 0.350. The number of guanidine groups is 1. The molecule has 2 fully saturated rings. The van der Waals surface area contributed by atoms with Crippen molar-refractivity contribution in [3.8, 4) is 0 Å². The summed E-state index contributed by atoms with van der Waals surface area (Å²) in [6, 6.07) is 0.563. The standard InChI is InChI=1S/C15H29N3/c1-15(10-6-7-11-15)12-17-14(16)18-13-8-4-2-3-5-9-13/h13H,2-12H2,1H3,(H3,16,17,18). The number of rotatable bonds is 3. The van der Waals surface area contributed by atoms with Crippen LogP contribution in [0, 0.1) is 5.41 Å². The molecule has 2 rings (SSSR count). The van der Waals surface area contributed by atoms with E-state index in [-0.39, 0.29) is 0 Å². The van der Waals surface area contributed by atoms with E-state index in [2.05, 4.69) is 17.2 Å². The van der Waals surface area contributed by atoms with Gasteiger partial charge in [-0.1, -0.05) is 45.4 Å². The number of hydrogen-bond acceptors (Lipinski definition) is 1. The minimum Gasteiger partial charge on any atom is -0.370 e. The quantitative estimate of drug-likeness (QED) is 0.460. The zero-order valence-corrected chi connectivity index (χ0v) is 11.9. The molecular formula is C15H29N3. The summed E-state index contributed by atoms with van der Waals surface area (Å²) in [4.78, 5) is 4.59. The molecule has 0 amide bonds. The highest BCUT2D eigenvalue weighted by molar-refractivity contribution is 5.78. The van der Waals surface area contributed by atoms with Gasteiger partial charge in [0.2, 0.25) is 0 Å². The second-order valence-electron chi connectivity index (χ2n) is 6.55. The Morgan fingerprint density at radius 1 is 1.11 bits per heavy atom. The van der Waals surface area contributed by atoms with Gasteiger partial charge < -0.3 is 11.1 Å². The first-order valence-corrected chi connectivity index (χ1v) is 7.74. The Kier molecular flexibility index (Phi) is 4.90. The number of aliphatic imine (C=N–C) groups is 1. The summed E-state index contributed by atoms with van der Waals surface area (Å²) >= 11 is 0. The molecule has 104 valence electrons. The van der Waals surface area contributed by atoms with Crippen LogP contribution in [-0.4, -0.2) is 18.5 Å². The predicted octanol–water partition coefficient (Wildman–Crippen LogP) is 3.19. The van der Waals surface area contributed by atoms with Gasteiger partial charge in [-0.2, -0.15) is 0 Å². The minimum absolute atomic E-state index is 0.412. The van der Waals surface area contributed by atoms with Crippen LogP contribution >= 0.6 is 0 Å². The molecule has 0 spiro atoms. The van der Waals surface area contributed by atoms with Crippen LogP contribution in [-0.2, 0) is 0 Å². The van der Waals surface area contributed by atoms with Crippen molar-refractivity contribution in [2.24, 2.45) is 16.1 Å². The Balaban J connectivity index is 1.77. The molecule has 2 aliphatic rings. The van der Waals surface area contributed by atoms with Gasteiger partial charge in [-0.25, -0.2) is 0 Å². The van der Waals surface area contributed by atoms with Crippen molar-refractivity contribution < 1.29 is 0 Å². The van der Waals surface area contributed by atoms with Crippen LogP contribution < -0.4 is 11.1 Å². The van der Waals surface area contributed by atoms with Gasteiger partial charge in [-0.05, 0) is 31.1 Å². The molecule has 0 aromatic rings. The Bertz CT molecular complexity index is 271. The third kappa shape index (κ3) is 4.18. The number of nitrogens with zero attached hydrogens (tertiary/aromatic N) is 1. The van der Waals surface area contributed by atoms with E-state index in [0.717, 1.165) is 6.54 Å². The van der Waals surface area contributed by atoms with E-state index < -0.39 is 0 Å². The number of nitrogens with one attached hydrogen (secondary N) is 1. The molecule has 0 unspecified atom stereocenters. The highest BCUT2D eigenvalue weighted by atomic mass is 15.1. The topological polar surface area (TPSA) is 50.4 Å². The van der Waals surface area contributed by atoms with Crippen LogP contribution in [0.15, 0.2) is 4.99 Å². The molecule has 3 heteroatoms. The largest absolute Gasteiger partial charge is 0.370 e. The van der Waals surface area contributed by atoms with E-state index in [1.807, 2.05) is 0 Å². The highest BCUT2D eigenvalue weighted by Gasteiger charge is 2.28.